The lowest BCUT2D eigenvalue weighted by atomic mass is 9.94. The number of aromatic nitrogens is 1. The zero-order valence-corrected chi connectivity index (χ0v) is 30.8. The molecule has 0 aliphatic rings. The second kappa shape index (κ2) is 14.4. The van der Waals surface area contributed by atoms with Crippen molar-refractivity contribution in [3.63, 3.8) is 0 Å². The third-order valence-corrected chi connectivity index (χ3v) is 10.8. The number of hydrogen-bond acceptors (Lipinski definition) is 1. The molecule has 2 nitrogen and oxygen atoms in total. The number of nitrogens with zero attached hydrogens (tertiary/aromatic N) is 2. The van der Waals surface area contributed by atoms with Crippen molar-refractivity contribution in [2.75, 3.05) is 4.90 Å². The smallest absolute Gasteiger partial charge is 0.0562 e. The molecule has 0 spiro atoms. The molecule has 10 aromatic rings. The van der Waals surface area contributed by atoms with Crippen LogP contribution in [0, 0.1) is 0 Å². The largest absolute Gasteiger partial charge is 0.310 e. The molecule has 2 heteroatoms. The summed E-state index contributed by atoms with van der Waals surface area (Å²) >= 11 is 0. The van der Waals surface area contributed by atoms with E-state index in [2.05, 4.69) is 240 Å². The first-order chi connectivity index (χ1) is 27.8. The monoisotopic (exact) mass is 714 g/mol. The molecule has 1 aromatic heterocycles. The minimum absolute atomic E-state index is 1.10. The maximum Gasteiger partial charge on any atom is 0.0562 e. The lowest BCUT2D eigenvalue weighted by Gasteiger charge is -2.27. The molecule has 0 radical (unpaired) electrons. The van der Waals surface area contributed by atoms with Crippen LogP contribution in [0.3, 0.4) is 0 Å². The van der Waals surface area contributed by atoms with Crippen LogP contribution in [0.2, 0.25) is 0 Å². The van der Waals surface area contributed by atoms with Gasteiger partial charge in [-0.2, -0.15) is 0 Å². The Labute approximate surface area is 327 Å². The van der Waals surface area contributed by atoms with Gasteiger partial charge >= 0.3 is 0 Å². The fourth-order valence-electron chi connectivity index (χ4n) is 8.16. The number of benzene rings is 9. The fourth-order valence-corrected chi connectivity index (χ4v) is 8.16. The molecule has 0 bridgehead atoms. The highest BCUT2D eigenvalue weighted by atomic mass is 15.1. The van der Waals surface area contributed by atoms with Gasteiger partial charge in [0.15, 0.2) is 0 Å². The number of hydrogen-bond donors (Lipinski definition) is 0. The second-order valence-corrected chi connectivity index (χ2v) is 14.1. The van der Waals surface area contributed by atoms with Gasteiger partial charge in [0.25, 0.3) is 0 Å². The average molecular weight is 715 g/mol. The molecular formula is C54H38N2. The third-order valence-electron chi connectivity index (χ3n) is 10.8. The van der Waals surface area contributed by atoms with Crippen LogP contribution < -0.4 is 4.90 Å². The van der Waals surface area contributed by atoms with E-state index >= 15 is 0 Å². The molecule has 10 rings (SSSR count). The molecule has 0 aliphatic heterocycles. The Balaban J connectivity index is 1.18. The van der Waals surface area contributed by atoms with Crippen LogP contribution in [-0.4, -0.2) is 4.57 Å². The predicted octanol–water partition coefficient (Wildman–Crippen LogP) is 14.9. The minimum Gasteiger partial charge on any atom is -0.310 e. The summed E-state index contributed by atoms with van der Waals surface area (Å²) < 4.78 is 2.44. The van der Waals surface area contributed by atoms with Crippen molar-refractivity contribution >= 4 is 38.9 Å². The zero-order valence-electron chi connectivity index (χ0n) is 30.8. The van der Waals surface area contributed by atoms with E-state index in [9.17, 15) is 0 Å². The Morgan fingerprint density at radius 3 is 1.30 bits per heavy atom. The summed E-state index contributed by atoms with van der Waals surface area (Å²) in [7, 11) is 0. The maximum absolute atomic E-state index is 2.44. The molecule has 264 valence electrons. The van der Waals surface area contributed by atoms with Crippen molar-refractivity contribution in [2.45, 2.75) is 0 Å². The summed E-state index contributed by atoms with van der Waals surface area (Å²) in [6.45, 7) is 0. The SMILES string of the molecule is c1ccc(-c2ccc(N(c3ccc(-c4ccccc4)cc3)c3cccc4c3c3ccccc3n4-c3ccc(-c4ccccc4)c(-c4ccccc4)c3)cc2)cc1. The minimum atomic E-state index is 1.10. The summed E-state index contributed by atoms with van der Waals surface area (Å²) in [5.74, 6) is 0. The molecule has 56 heavy (non-hydrogen) atoms. The van der Waals surface area contributed by atoms with Crippen molar-refractivity contribution in [3.05, 3.63) is 231 Å². The summed E-state index contributed by atoms with van der Waals surface area (Å²) in [4.78, 5) is 2.41. The molecule has 0 saturated carbocycles. The molecule has 0 amide bonds. The highest BCUT2D eigenvalue weighted by Gasteiger charge is 2.22. The fraction of sp³-hybridized carbons (Fsp3) is 0. The lowest BCUT2D eigenvalue weighted by Crippen LogP contribution is -2.10. The lowest BCUT2D eigenvalue weighted by molar-refractivity contribution is 1.18. The third kappa shape index (κ3) is 6.04. The van der Waals surface area contributed by atoms with E-state index in [1.165, 1.54) is 60.8 Å². The van der Waals surface area contributed by atoms with Crippen molar-refractivity contribution < 1.29 is 0 Å². The van der Waals surface area contributed by atoms with Crippen molar-refractivity contribution in [1.82, 2.24) is 4.57 Å². The van der Waals surface area contributed by atoms with E-state index in [4.69, 9.17) is 0 Å². The van der Waals surface area contributed by atoms with Crippen LogP contribution in [0.5, 0.6) is 0 Å². The van der Waals surface area contributed by atoms with Crippen molar-refractivity contribution in [1.29, 1.82) is 0 Å². The molecule has 9 aromatic carbocycles. The van der Waals surface area contributed by atoms with Gasteiger partial charge < -0.3 is 9.47 Å². The van der Waals surface area contributed by atoms with E-state index in [1.54, 1.807) is 0 Å². The van der Waals surface area contributed by atoms with Crippen LogP contribution in [-0.2, 0) is 0 Å². The van der Waals surface area contributed by atoms with E-state index in [-0.39, 0.29) is 0 Å². The van der Waals surface area contributed by atoms with Gasteiger partial charge in [0.2, 0.25) is 0 Å². The van der Waals surface area contributed by atoms with Gasteiger partial charge in [0, 0.05) is 27.8 Å². The topological polar surface area (TPSA) is 8.17 Å². The Morgan fingerprint density at radius 2 is 0.750 bits per heavy atom. The molecule has 0 atom stereocenters. The quantitative estimate of drug-likeness (QED) is 0.152. The van der Waals surface area contributed by atoms with Gasteiger partial charge in [-0.25, -0.2) is 0 Å². The predicted molar refractivity (Wildman–Crippen MR) is 237 cm³/mol. The zero-order chi connectivity index (χ0) is 37.3. The van der Waals surface area contributed by atoms with Crippen molar-refractivity contribution in [2.24, 2.45) is 0 Å². The van der Waals surface area contributed by atoms with Gasteiger partial charge in [0.1, 0.15) is 0 Å². The molecular weight excluding hydrogens is 677 g/mol. The van der Waals surface area contributed by atoms with Crippen molar-refractivity contribution in [3.8, 4) is 50.2 Å². The highest BCUT2D eigenvalue weighted by molar-refractivity contribution is 6.16. The summed E-state index contributed by atoms with van der Waals surface area (Å²) in [6, 6.07) is 83.0. The summed E-state index contributed by atoms with van der Waals surface area (Å²) in [5, 5.41) is 2.41. The first-order valence-electron chi connectivity index (χ1n) is 19.2. The maximum atomic E-state index is 2.44. The van der Waals surface area contributed by atoms with Crippen LogP contribution in [0.25, 0.3) is 72.0 Å². The number of rotatable bonds is 8. The molecule has 0 fully saturated rings. The molecule has 0 unspecified atom stereocenters. The van der Waals surface area contributed by atoms with Gasteiger partial charge in [-0.15, -0.1) is 0 Å². The number of para-hydroxylation sites is 1. The summed E-state index contributed by atoms with van der Waals surface area (Å²) in [5.41, 5.74) is 16.4. The van der Waals surface area contributed by atoms with Gasteiger partial charge in [-0.05, 0) is 99.1 Å². The Morgan fingerprint density at radius 1 is 0.304 bits per heavy atom. The first-order valence-corrected chi connectivity index (χ1v) is 19.2. The van der Waals surface area contributed by atoms with Crippen LogP contribution in [0.4, 0.5) is 17.1 Å². The number of fused-ring (bicyclic) bond motifs is 3. The Kier molecular flexibility index (Phi) is 8.55. The van der Waals surface area contributed by atoms with Gasteiger partial charge in [-0.3, -0.25) is 0 Å². The van der Waals surface area contributed by atoms with Gasteiger partial charge in [-0.1, -0.05) is 176 Å². The van der Waals surface area contributed by atoms with E-state index in [0.29, 0.717) is 0 Å². The Hall–Kier alpha value is -7.42. The molecule has 0 aliphatic carbocycles. The Bertz CT molecular complexity index is 2830. The second-order valence-electron chi connectivity index (χ2n) is 14.1. The van der Waals surface area contributed by atoms with Gasteiger partial charge in [0.05, 0.1) is 16.7 Å². The highest BCUT2D eigenvalue weighted by Crippen LogP contribution is 2.45. The molecule has 0 saturated heterocycles. The number of anilines is 3. The average Bonchev–Trinajstić information content (AvgIpc) is 3.63. The molecule has 1 heterocycles. The van der Waals surface area contributed by atoms with Crippen LogP contribution in [0.1, 0.15) is 0 Å². The van der Waals surface area contributed by atoms with E-state index < -0.39 is 0 Å². The van der Waals surface area contributed by atoms with Crippen LogP contribution >= 0.6 is 0 Å². The van der Waals surface area contributed by atoms with E-state index in [0.717, 1.165) is 28.3 Å². The normalized spacial score (nSPS) is 11.2. The first kappa shape index (κ1) is 33.2. The summed E-state index contributed by atoms with van der Waals surface area (Å²) in [6.07, 6.45) is 0. The standard InChI is InChI=1S/C54H38N2/c1-5-16-39(17-6-1)41-28-32-45(33-29-41)55(46-34-30-42(31-35-46)40-18-7-2-8-19-40)52-26-15-27-53-54(52)49-24-13-14-25-51(49)56(53)47-36-37-48(43-20-9-3-10-21-43)50(38-47)44-22-11-4-12-23-44/h1-38H. The molecule has 0 N–H and O–H groups in total. The van der Waals surface area contributed by atoms with E-state index in [1.807, 2.05) is 0 Å². The van der Waals surface area contributed by atoms with Crippen LogP contribution in [0.15, 0.2) is 231 Å².